The fourth-order valence-electron chi connectivity index (χ4n) is 3.60. The minimum Gasteiger partial charge on any atom is -0.473 e. The molecule has 0 aromatic carbocycles. The fraction of sp³-hybridized carbons (Fsp3) is 0.714. The van der Waals surface area contributed by atoms with Crippen molar-refractivity contribution in [2.45, 2.75) is 56.6 Å². The monoisotopic (exact) mass is 293 g/mol. The zero-order chi connectivity index (χ0) is 13.9. The topological polar surface area (TPSA) is 91.2 Å². The van der Waals surface area contributed by atoms with Gasteiger partial charge in [0.15, 0.2) is 4.88 Å². The van der Waals surface area contributed by atoms with Gasteiger partial charge < -0.3 is 16.2 Å². The molecule has 0 unspecified atom stereocenters. The zero-order valence-corrected chi connectivity index (χ0v) is 12.1. The Kier molecular flexibility index (Phi) is 2.63. The number of nitrogens with two attached hydrogens (primary N) is 2. The minimum atomic E-state index is -0.427. The van der Waals surface area contributed by atoms with Crippen LogP contribution in [0.4, 0.5) is 0 Å². The second kappa shape index (κ2) is 4.18. The van der Waals surface area contributed by atoms with Crippen LogP contribution >= 0.6 is 11.3 Å². The van der Waals surface area contributed by atoms with Crippen LogP contribution in [0, 0.1) is 5.41 Å². The van der Waals surface area contributed by atoms with E-state index in [2.05, 4.69) is 4.98 Å². The van der Waals surface area contributed by atoms with Gasteiger partial charge in [-0.25, -0.2) is 4.98 Å². The highest BCUT2D eigenvalue weighted by molar-refractivity contribution is 7.14. The average Bonchev–Trinajstić information content (AvgIpc) is 3.06. The maximum absolute atomic E-state index is 11.5. The Balaban J connectivity index is 1.44. The molecule has 3 saturated carbocycles. The number of ether oxygens (including phenoxy) is 1. The summed E-state index contributed by atoms with van der Waals surface area (Å²) in [6.07, 6.45) is 6.80. The van der Waals surface area contributed by atoms with Crippen LogP contribution in [0.15, 0.2) is 0 Å². The van der Waals surface area contributed by atoms with Crippen LogP contribution in [0.3, 0.4) is 0 Å². The Morgan fingerprint density at radius 1 is 1.30 bits per heavy atom. The van der Waals surface area contributed by atoms with Gasteiger partial charge in [0.1, 0.15) is 11.1 Å². The van der Waals surface area contributed by atoms with E-state index in [1.54, 1.807) is 0 Å². The largest absolute Gasteiger partial charge is 0.473 e. The van der Waals surface area contributed by atoms with E-state index in [-0.39, 0.29) is 6.10 Å². The van der Waals surface area contributed by atoms with Crippen LogP contribution < -0.4 is 16.2 Å². The second-order valence-electron chi connectivity index (χ2n) is 6.64. The highest BCUT2D eigenvalue weighted by Gasteiger charge is 2.53. The summed E-state index contributed by atoms with van der Waals surface area (Å²) in [5.74, 6) is 0.560. The molecule has 0 atom stereocenters. The second-order valence-corrected chi connectivity index (χ2v) is 7.67. The van der Waals surface area contributed by atoms with E-state index in [1.807, 2.05) is 0 Å². The molecule has 1 aromatic rings. The van der Waals surface area contributed by atoms with Gasteiger partial charge in [0.25, 0.3) is 5.91 Å². The molecule has 108 valence electrons. The summed E-state index contributed by atoms with van der Waals surface area (Å²) in [4.78, 5) is 16.5. The van der Waals surface area contributed by atoms with Crippen molar-refractivity contribution in [3.63, 3.8) is 0 Å². The van der Waals surface area contributed by atoms with E-state index in [9.17, 15) is 4.79 Å². The van der Waals surface area contributed by atoms with Gasteiger partial charge in [0, 0.05) is 12.0 Å². The molecule has 1 spiro atoms. The number of aromatic nitrogens is 1. The van der Waals surface area contributed by atoms with Crippen LogP contribution in [-0.4, -0.2) is 23.0 Å². The minimum absolute atomic E-state index is 0.176. The van der Waals surface area contributed by atoms with Gasteiger partial charge in [0.05, 0.1) is 0 Å². The Morgan fingerprint density at radius 3 is 2.55 bits per heavy atom. The Bertz CT molecular complexity index is 553. The molecule has 1 heterocycles. The van der Waals surface area contributed by atoms with E-state index in [0.29, 0.717) is 28.1 Å². The average molecular weight is 293 g/mol. The van der Waals surface area contributed by atoms with Crippen molar-refractivity contribution in [3.05, 3.63) is 9.88 Å². The smallest absolute Gasteiger partial charge is 0.264 e. The van der Waals surface area contributed by atoms with Gasteiger partial charge in [-0.1, -0.05) is 0 Å². The molecule has 3 aliphatic rings. The molecule has 4 N–H and O–H groups in total. The molecule has 3 aliphatic carbocycles. The van der Waals surface area contributed by atoms with Gasteiger partial charge in [0.2, 0.25) is 5.88 Å². The normalized spacial score (nSPS) is 35.5. The third-order valence-electron chi connectivity index (χ3n) is 4.75. The van der Waals surface area contributed by atoms with Gasteiger partial charge in [-0.3, -0.25) is 4.79 Å². The van der Waals surface area contributed by atoms with Crippen LogP contribution in [-0.2, 0) is 0 Å². The molecular weight excluding hydrogens is 274 g/mol. The predicted octanol–water partition coefficient (Wildman–Crippen LogP) is 1.77. The summed E-state index contributed by atoms with van der Waals surface area (Å²) in [5, 5.41) is 1.01. The lowest BCUT2D eigenvalue weighted by Crippen LogP contribution is -2.56. The molecule has 20 heavy (non-hydrogen) atoms. The summed E-state index contributed by atoms with van der Waals surface area (Å²) >= 11 is 1.40. The number of hydrogen-bond acceptors (Lipinski definition) is 5. The van der Waals surface area contributed by atoms with Crippen LogP contribution in [0.2, 0.25) is 0 Å². The standard InChI is InChI=1S/C14H19N3O2S/c15-8-3-14(4-8)5-9(6-14)19-12-10(11(16)18)20-13(17-12)7-1-2-7/h7-9H,1-6,15H2,(H2,16,18). The van der Waals surface area contributed by atoms with E-state index >= 15 is 0 Å². The van der Waals surface area contributed by atoms with Crippen molar-refractivity contribution in [1.29, 1.82) is 0 Å². The molecule has 0 bridgehead atoms. The van der Waals surface area contributed by atoms with Gasteiger partial charge in [-0.15, -0.1) is 11.3 Å². The van der Waals surface area contributed by atoms with Crippen LogP contribution in [0.5, 0.6) is 5.88 Å². The zero-order valence-electron chi connectivity index (χ0n) is 11.3. The molecule has 1 amide bonds. The van der Waals surface area contributed by atoms with Crippen molar-refractivity contribution in [3.8, 4) is 5.88 Å². The Morgan fingerprint density at radius 2 is 2.00 bits per heavy atom. The van der Waals surface area contributed by atoms with Crippen molar-refractivity contribution >= 4 is 17.2 Å². The van der Waals surface area contributed by atoms with Crippen molar-refractivity contribution in [2.75, 3.05) is 0 Å². The van der Waals surface area contributed by atoms with Gasteiger partial charge in [-0.05, 0) is 43.9 Å². The summed E-state index contributed by atoms with van der Waals surface area (Å²) in [6.45, 7) is 0. The molecule has 0 radical (unpaired) electrons. The molecule has 6 heteroatoms. The summed E-state index contributed by atoms with van der Waals surface area (Å²) in [6, 6.07) is 0.373. The third-order valence-corrected chi connectivity index (χ3v) is 5.97. The highest BCUT2D eigenvalue weighted by Crippen LogP contribution is 2.56. The number of hydrogen-bond donors (Lipinski definition) is 2. The Hall–Kier alpha value is -1.14. The lowest BCUT2D eigenvalue weighted by atomic mass is 9.53. The molecule has 0 saturated heterocycles. The van der Waals surface area contributed by atoms with E-state index in [1.165, 1.54) is 11.3 Å². The number of rotatable bonds is 4. The number of carbonyl (C=O) groups excluding carboxylic acids is 1. The molecule has 5 nitrogen and oxygen atoms in total. The maximum Gasteiger partial charge on any atom is 0.264 e. The lowest BCUT2D eigenvalue weighted by Gasteiger charge is -2.56. The number of primary amides is 1. The number of thiazole rings is 1. The predicted molar refractivity (Wildman–Crippen MR) is 75.9 cm³/mol. The first kappa shape index (κ1) is 12.6. The maximum atomic E-state index is 11.5. The third kappa shape index (κ3) is 2.02. The molecular formula is C14H19N3O2S. The summed E-state index contributed by atoms with van der Waals surface area (Å²) in [7, 11) is 0. The van der Waals surface area contributed by atoms with Crippen molar-refractivity contribution < 1.29 is 9.53 Å². The Labute approximate surface area is 121 Å². The fourth-order valence-corrected chi connectivity index (χ4v) is 4.62. The number of carbonyl (C=O) groups is 1. The van der Waals surface area contributed by atoms with Crippen molar-refractivity contribution in [1.82, 2.24) is 4.98 Å². The molecule has 4 rings (SSSR count). The SMILES string of the molecule is NC(=O)c1sc(C2CC2)nc1OC1CC2(CC(N)C2)C1. The molecule has 0 aliphatic heterocycles. The van der Waals surface area contributed by atoms with Gasteiger partial charge in [-0.2, -0.15) is 0 Å². The highest BCUT2D eigenvalue weighted by atomic mass is 32.1. The molecule has 1 aromatic heterocycles. The van der Waals surface area contributed by atoms with Crippen LogP contribution in [0.25, 0.3) is 0 Å². The quantitative estimate of drug-likeness (QED) is 0.885. The first-order valence-electron chi connectivity index (χ1n) is 7.27. The first-order valence-corrected chi connectivity index (χ1v) is 8.09. The van der Waals surface area contributed by atoms with Gasteiger partial charge >= 0.3 is 0 Å². The lowest BCUT2D eigenvalue weighted by molar-refractivity contribution is -0.0795. The van der Waals surface area contributed by atoms with Crippen LogP contribution in [0.1, 0.15) is 59.1 Å². The van der Waals surface area contributed by atoms with E-state index in [4.69, 9.17) is 16.2 Å². The summed E-state index contributed by atoms with van der Waals surface area (Å²) < 4.78 is 5.93. The summed E-state index contributed by atoms with van der Waals surface area (Å²) in [5.41, 5.74) is 11.7. The number of amides is 1. The number of nitrogens with zero attached hydrogens (tertiary/aromatic N) is 1. The molecule has 3 fully saturated rings. The van der Waals surface area contributed by atoms with Crippen molar-refractivity contribution in [2.24, 2.45) is 16.9 Å². The van der Waals surface area contributed by atoms with E-state index < -0.39 is 5.91 Å². The van der Waals surface area contributed by atoms with E-state index in [0.717, 1.165) is 43.5 Å². The first-order chi connectivity index (χ1) is 9.55.